The molecule has 0 bridgehead atoms. The van der Waals surface area contributed by atoms with E-state index < -0.39 is 0 Å². The minimum atomic E-state index is 0.435. The van der Waals surface area contributed by atoms with Gasteiger partial charge in [0.2, 0.25) is 0 Å². The van der Waals surface area contributed by atoms with Crippen LogP contribution in [0.3, 0.4) is 0 Å². The van der Waals surface area contributed by atoms with Crippen molar-refractivity contribution in [2.45, 2.75) is 18.8 Å². The highest BCUT2D eigenvalue weighted by atomic mass is 35.5. The second kappa shape index (κ2) is 4.07. The van der Waals surface area contributed by atoms with Gasteiger partial charge in [-0.05, 0) is 38.1 Å². The minimum absolute atomic E-state index is 0.435. The molecule has 1 aromatic carbocycles. The van der Waals surface area contributed by atoms with Crippen LogP contribution in [0, 0.1) is 0 Å². The number of hydrogen-bond donors (Lipinski definition) is 1. The van der Waals surface area contributed by atoms with E-state index in [1.54, 1.807) is 0 Å². The maximum absolute atomic E-state index is 6.06. The number of oxazole rings is 1. The van der Waals surface area contributed by atoms with Crippen molar-refractivity contribution in [3.05, 3.63) is 29.1 Å². The number of rotatable bonds is 1. The van der Waals surface area contributed by atoms with E-state index in [-0.39, 0.29) is 0 Å². The second-order valence-corrected chi connectivity index (χ2v) is 4.57. The van der Waals surface area contributed by atoms with Crippen LogP contribution in [-0.2, 0) is 0 Å². The standard InChI is InChI=1S/C12H13ClN2O/c13-9-2-1-3-10-11(9)16-12(15-10)8-4-6-14-7-5-8/h1-3,8,14H,4-7H2. The summed E-state index contributed by atoms with van der Waals surface area (Å²) in [6.07, 6.45) is 2.18. The summed E-state index contributed by atoms with van der Waals surface area (Å²) in [5.74, 6) is 1.27. The van der Waals surface area contributed by atoms with Crippen LogP contribution in [0.25, 0.3) is 11.1 Å². The van der Waals surface area contributed by atoms with E-state index in [1.165, 1.54) is 0 Å². The zero-order valence-corrected chi connectivity index (χ0v) is 9.63. The Bertz CT molecular complexity index is 503. The second-order valence-electron chi connectivity index (χ2n) is 4.16. The van der Waals surface area contributed by atoms with Crippen LogP contribution in [0.4, 0.5) is 0 Å². The topological polar surface area (TPSA) is 38.1 Å². The first-order valence-corrected chi connectivity index (χ1v) is 5.98. The van der Waals surface area contributed by atoms with Crippen LogP contribution in [0.5, 0.6) is 0 Å². The molecule has 4 heteroatoms. The van der Waals surface area contributed by atoms with Gasteiger partial charge in [-0.3, -0.25) is 0 Å². The van der Waals surface area contributed by atoms with Crippen molar-refractivity contribution in [3.63, 3.8) is 0 Å². The molecule has 1 fully saturated rings. The van der Waals surface area contributed by atoms with Gasteiger partial charge in [-0.1, -0.05) is 17.7 Å². The summed E-state index contributed by atoms with van der Waals surface area (Å²) in [5, 5.41) is 3.98. The van der Waals surface area contributed by atoms with Gasteiger partial charge in [-0.25, -0.2) is 4.98 Å². The van der Waals surface area contributed by atoms with Gasteiger partial charge in [0.05, 0.1) is 5.02 Å². The summed E-state index contributed by atoms with van der Waals surface area (Å²) >= 11 is 6.06. The molecule has 0 amide bonds. The number of hydrogen-bond acceptors (Lipinski definition) is 3. The third kappa shape index (κ3) is 1.70. The molecule has 1 saturated heterocycles. The molecule has 2 heterocycles. The summed E-state index contributed by atoms with van der Waals surface area (Å²) < 4.78 is 5.77. The summed E-state index contributed by atoms with van der Waals surface area (Å²) in [5.41, 5.74) is 1.58. The number of nitrogens with one attached hydrogen (secondary N) is 1. The highest BCUT2D eigenvalue weighted by molar-refractivity contribution is 6.34. The van der Waals surface area contributed by atoms with Gasteiger partial charge < -0.3 is 9.73 Å². The number of fused-ring (bicyclic) bond motifs is 1. The average Bonchev–Trinajstić information content (AvgIpc) is 2.76. The third-order valence-electron chi connectivity index (χ3n) is 3.07. The number of para-hydroxylation sites is 1. The monoisotopic (exact) mass is 236 g/mol. The Morgan fingerprint density at radius 1 is 1.31 bits per heavy atom. The normalized spacial score (nSPS) is 18.1. The molecule has 1 aliphatic heterocycles. The van der Waals surface area contributed by atoms with Crippen LogP contribution in [0.15, 0.2) is 22.6 Å². The molecular weight excluding hydrogens is 224 g/mol. The molecule has 84 valence electrons. The number of halogens is 1. The van der Waals surface area contributed by atoms with Gasteiger partial charge in [0, 0.05) is 5.92 Å². The lowest BCUT2D eigenvalue weighted by atomic mass is 9.98. The lowest BCUT2D eigenvalue weighted by Crippen LogP contribution is -2.26. The van der Waals surface area contributed by atoms with Crippen LogP contribution in [0.1, 0.15) is 24.7 Å². The van der Waals surface area contributed by atoms with Crippen LogP contribution < -0.4 is 5.32 Å². The first-order valence-electron chi connectivity index (χ1n) is 5.60. The van der Waals surface area contributed by atoms with Gasteiger partial charge >= 0.3 is 0 Å². The molecule has 1 aliphatic rings. The lowest BCUT2D eigenvalue weighted by molar-refractivity contribution is 0.385. The van der Waals surface area contributed by atoms with Crippen molar-refractivity contribution in [3.8, 4) is 0 Å². The van der Waals surface area contributed by atoms with Crippen molar-refractivity contribution in [2.75, 3.05) is 13.1 Å². The molecule has 0 atom stereocenters. The Morgan fingerprint density at radius 3 is 2.88 bits per heavy atom. The average molecular weight is 237 g/mol. The zero-order valence-electron chi connectivity index (χ0n) is 8.87. The third-order valence-corrected chi connectivity index (χ3v) is 3.37. The van der Waals surface area contributed by atoms with Crippen LogP contribution in [-0.4, -0.2) is 18.1 Å². The van der Waals surface area contributed by atoms with Crippen molar-refractivity contribution in [1.82, 2.24) is 10.3 Å². The first-order chi connectivity index (χ1) is 7.84. The molecule has 0 unspecified atom stereocenters. The maximum atomic E-state index is 6.06. The van der Waals surface area contributed by atoms with E-state index in [9.17, 15) is 0 Å². The van der Waals surface area contributed by atoms with Crippen molar-refractivity contribution in [1.29, 1.82) is 0 Å². The molecule has 3 nitrogen and oxygen atoms in total. The van der Waals surface area contributed by atoms with E-state index in [0.717, 1.165) is 42.9 Å². The van der Waals surface area contributed by atoms with E-state index in [4.69, 9.17) is 16.0 Å². The maximum Gasteiger partial charge on any atom is 0.198 e. The number of aromatic nitrogens is 1. The smallest absolute Gasteiger partial charge is 0.198 e. The number of piperidine rings is 1. The van der Waals surface area contributed by atoms with E-state index >= 15 is 0 Å². The van der Waals surface area contributed by atoms with Gasteiger partial charge in [-0.2, -0.15) is 0 Å². The summed E-state index contributed by atoms with van der Waals surface area (Å²) in [6, 6.07) is 5.68. The van der Waals surface area contributed by atoms with Crippen molar-refractivity contribution in [2.24, 2.45) is 0 Å². The fourth-order valence-corrected chi connectivity index (χ4v) is 2.38. The van der Waals surface area contributed by atoms with Crippen molar-refractivity contribution >= 4 is 22.7 Å². The number of nitrogens with zero attached hydrogens (tertiary/aromatic N) is 1. The highest BCUT2D eigenvalue weighted by Gasteiger charge is 2.21. The van der Waals surface area contributed by atoms with Gasteiger partial charge in [0.1, 0.15) is 5.52 Å². The van der Waals surface area contributed by atoms with Gasteiger partial charge in [-0.15, -0.1) is 0 Å². The molecule has 0 radical (unpaired) electrons. The largest absolute Gasteiger partial charge is 0.439 e. The Hall–Kier alpha value is -1.06. The first kappa shape index (κ1) is 10.1. The van der Waals surface area contributed by atoms with E-state index in [1.807, 2.05) is 18.2 Å². The Balaban J connectivity index is 2.01. The molecule has 2 aromatic rings. The van der Waals surface area contributed by atoms with Crippen molar-refractivity contribution < 1.29 is 4.42 Å². The fraction of sp³-hybridized carbons (Fsp3) is 0.417. The summed E-state index contributed by atoms with van der Waals surface area (Å²) in [6.45, 7) is 2.08. The molecule has 0 aliphatic carbocycles. The molecule has 3 rings (SSSR count). The zero-order chi connectivity index (χ0) is 11.0. The molecule has 0 spiro atoms. The minimum Gasteiger partial charge on any atom is -0.439 e. The van der Waals surface area contributed by atoms with Gasteiger partial charge in [0.25, 0.3) is 0 Å². The summed E-state index contributed by atoms with van der Waals surface area (Å²) in [7, 11) is 0. The Morgan fingerprint density at radius 2 is 2.12 bits per heavy atom. The predicted molar refractivity (Wildman–Crippen MR) is 63.9 cm³/mol. The molecule has 1 N–H and O–H groups in total. The summed E-state index contributed by atoms with van der Waals surface area (Å²) in [4.78, 5) is 4.52. The fourth-order valence-electron chi connectivity index (χ4n) is 2.18. The molecule has 16 heavy (non-hydrogen) atoms. The molecule has 0 saturated carbocycles. The quantitative estimate of drug-likeness (QED) is 0.827. The highest BCUT2D eigenvalue weighted by Crippen LogP contribution is 2.30. The Kier molecular flexibility index (Phi) is 2.58. The van der Waals surface area contributed by atoms with Gasteiger partial charge in [0.15, 0.2) is 11.5 Å². The molecular formula is C12H13ClN2O. The van der Waals surface area contributed by atoms with Crippen LogP contribution in [0.2, 0.25) is 5.02 Å². The van der Waals surface area contributed by atoms with E-state index in [2.05, 4.69) is 10.3 Å². The molecule has 1 aromatic heterocycles. The van der Waals surface area contributed by atoms with E-state index in [0.29, 0.717) is 10.9 Å². The van der Waals surface area contributed by atoms with Crippen LogP contribution >= 0.6 is 11.6 Å². The Labute approximate surface area is 98.8 Å². The number of benzene rings is 1. The lowest BCUT2D eigenvalue weighted by Gasteiger charge is -2.19. The SMILES string of the molecule is Clc1cccc2nc(C3CCNCC3)oc12. The predicted octanol–water partition coefficient (Wildman–Crippen LogP) is 2.95.